The summed E-state index contributed by atoms with van der Waals surface area (Å²) in [5.74, 6) is -0.234. The van der Waals surface area contributed by atoms with Gasteiger partial charge in [-0.05, 0) is 48.0 Å². The molecule has 6 heteroatoms. The highest BCUT2D eigenvalue weighted by atomic mass is 35.5. The second kappa shape index (κ2) is 8.29. The van der Waals surface area contributed by atoms with E-state index in [1.807, 2.05) is 36.4 Å². The fourth-order valence-electron chi connectivity index (χ4n) is 3.23. The second-order valence-electron chi connectivity index (χ2n) is 6.66. The van der Waals surface area contributed by atoms with Crippen LogP contribution in [0.4, 0.5) is 0 Å². The number of nitrogens with one attached hydrogen (secondary N) is 1. The molecule has 0 bridgehead atoms. The number of carbonyl (C=O) groups is 2. The molecule has 2 aromatic heterocycles. The monoisotopic (exact) mass is 403 g/mol. The van der Waals surface area contributed by atoms with Crippen LogP contribution < -0.4 is 5.32 Å². The van der Waals surface area contributed by atoms with Crippen molar-refractivity contribution < 1.29 is 9.59 Å². The zero-order valence-electron chi connectivity index (χ0n) is 15.5. The van der Waals surface area contributed by atoms with Crippen molar-refractivity contribution in [2.75, 3.05) is 0 Å². The van der Waals surface area contributed by atoms with Gasteiger partial charge in [0.25, 0.3) is 0 Å². The summed E-state index contributed by atoms with van der Waals surface area (Å²) in [6.07, 6.45) is 5.12. The first-order valence-corrected chi connectivity index (χ1v) is 9.53. The Kier molecular flexibility index (Phi) is 5.40. The van der Waals surface area contributed by atoms with Gasteiger partial charge in [-0.1, -0.05) is 29.8 Å². The Morgan fingerprint density at radius 3 is 2.45 bits per heavy atom. The molecule has 144 valence electrons. The Labute approximate surface area is 173 Å². The molecule has 0 saturated carbocycles. The minimum Gasteiger partial charge on any atom is -0.350 e. The lowest BCUT2D eigenvalue weighted by atomic mass is 10.0. The van der Waals surface area contributed by atoms with Crippen LogP contribution in [-0.4, -0.2) is 21.2 Å². The molecule has 4 aromatic rings. The van der Waals surface area contributed by atoms with Crippen molar-refractivity contribution in [3.05, 3.63) is 101 Å². The van der Waals surface area contributed by atoms with Crippen molar-refractivity contribution in [3.63, 3.8) is 0 Å². The maximum absolute atomic E-state index is 13.0. The van der Waals surface area contributed by atoms with Gasteiger partial charge in [0, 0.05) is 52.2 Å². The van der Waals surface area contributed by atoms with Crippen LogP contribution in [0.2, 0.25) is 5.02 Å². The minimum atomic E-state index is -0.131. The topological polar surface area (TPSA) is 64.0 Å². The SMILES string of the molecule is O=C(Cn1cc(C(=O)c2ccc(Cl)cc2)c2ccccc21)NCc1ccncc1. The van der Waals surface area contributed by atoms with E-state index in [1.165, 1.54) is 0 Å². The Morgan fingerprint density at radius 1 is 0.966 bits per heavy atom. The highest BCUT2D eigenvalue weighted by Crippen LogP contribution is 2.24. The molecule has 0 fully saturated rings. The molecule has 2 aromatic carbocycles. The van der Waals surface area contributed by atoms with Gasteiger partial charge in [0.1, 0.15) is 6.54 Å². The van der Waals surface area contributed by atoms with Gasteiger partial charge in [-0.2, -0.15) is 0 Å². The summed E-state index contributed by atoms with van der Waals surface area (Å²) in [5.41, 5.74) is 2.93. The molecule has 1 N–H and O–H groups in total. The number of pyridine rings is 1. The van der Waals surface area contributed by atoms with Crippen LogP contribution in [0.3, 0.4) is 0 Å². The van der Waals surface area contributed by atoms with E-state index in [1.54, 1.807) is 47.4 Å². The molecule has 0 aliphatic heterocycles. The Hall–Kier alpha value is -3.44. The quantitative estimate of drug-likeness (QED) is 0.490. The van der Waals surface area contributed by atoms with E-state index in [0.29, 0.717) is 22.7 Å². The van der Waals surface area contributed by atoms with Gasteiger partial charge >= 0.3 is 0 Å². The van der Waals surface area contributed by atoms with Gasteiger partial charge in [-0.3, -0.25) is 14.6 Å². The number of para-hydroxylation sites is 1. The van der Waals surface area contributed by atoms with Crippen LogP contribution in [-0.2, 0) is 17.9 Å². The lowest BCUT2D eigenvalue weighted by Crippen LogP contribution is -2.26. The first-order chi connectivity index (χ1) is 14.1. The number of nitrogens with zero attached hydrogens (tertiary/aromatic N) is 2. The van der Waals surface area contributed by atoms with Crippen LogP contribution in [0.5, 0.6) is 0 Å². The fraction of sp³-hybridized carbons (Fsp3) is 0.0870. The molecule has 0 aliphatic rings. The van der Waals surface area contributed by atoms with Crippen molar-refractivity contribution in [1.29, 1.82) is 0 Å². The van der Waals surface area contributed by atoms with Crippen molar-refractivity contribution in [1.82, 2.24) is 14.9 Å². The average molecular weight is 404 g/mol. The molecule has 0 atom stereocenters. The molecule has 4 rings (SSSR count). The molecule has 29 heavy (non-hydrogen) atoms. The van der Waals surface area contributed by atoms with E-state index in [9.17, 15) is 9.59 Å². The second-order valence-corrected chi connectivity index (χ2v) is 7.09. The fourth-order valence-corrected chi connectivity index (χ4v) is 3.35. The average Bonchev–Trinajstić information content (AvgIpc) is 3.11. The third-order valence-electron chi connectivity index (χ3n) is 4.69. The Bertz CT molecular complexity index is 1170. The van der Waals surface area contributed by atoms with Gasteiger partial charge in [0.05, 0.1) is 0 Å². The van der Waals surface area contributed by atoms with Gasteiger partial charge in [-0.15, -0.1) is 0 Å². The highest BCUT2D eigenvalue weighted by Gasteiger charge is 2.17. The summed E-state index contributed by atoms with van der Waals surface area (Å²) < 4.78 is 1.81. The van der Waals surface area contributed by atoms with Crippen LogP contribution >= 0.6 is 11.6 Å². The largest absolute Gasteiger partial charge is 0.350 e. The summed E-state index contributed by atoms with van der Waals surface area (Å²) in [7, 11) is 0. The van der Waals surface area contributed by atoms with Crippen molar-refractivity contribution >= 4 is 34.2 Å². The zero-order valence-corrected chi connectivity index (χ0v) is 16.3. The summed E-state index contributed by atoms with van der Waals surface area (Å²) >= 11 is 5.93. The van der Waals surface area contributed by atoms with Crippen LogP contribution in [0.25, 0.3) is 10.9 Å². The van der Waals surface area contributed by atoms with E-state index in [-0.39, 0.29) is 18.2 Å². The highest BCUT2D eigenvalue weighted by molar-refractivity contribution is 6.30. The molecule has 1 amide bonds. The van der Waals surface area contributed by atoms with Crippen molar-refractivity contribution in [3.8, 4) is 0 Å². The van der Waals surface area contributed by atoms with Crippen molar-refractivity contribution in [2.24, 2.45) is 0 Å². The summed E-state index contributed by atoms with van der Waals surface area (Å²) in [6.45, 7) is 0.552. The molecule has 2 heterocycles. The predicted octanol–water partition coefficient (Wildman–Crippen LogP) is 4.24. The number of fused-ring (bicyclic) bond motifs is 1. The normalized spacial score (nSPS) is 10.8. The number of aromatic nitrogens is 2. The van der Waals surface area contributed by atoms with Crippen LogP contribution in [0.1, 0.15) is 21.5 Å². The van der Waals surface area contributed by atoms with E-state index in [4.69, 9.17) is 11.6 Å². The Balaban J connectivity index is 1.58. The van der Waals surface area contributed by atoms with E-state index in [0.717, 1.165) is 16.5 Å². The maximum atomic E-state index is 13.0. The van der Waals surface area contributed by atoms with Gasteiger partial charge < -0.3 is 9.88 Å². The molecule has 0 aliphatic carbocycles. The van der Waals surface area contributed by atoms with E-state index in [2.05, 4.69) is 10.3 Å². The summed E-state index contributed by atoms with van der Waals surface area (Å²) in [4.78, 5) is 29.5. The van der Waals surface area contributed by atoms with E-state index < -0.39 is 0 Å². The molecule has 5 nitrogen and oxygen atoms in total. The van der Waals surface area contributed by atoms with Gasteiger partial charge in [0.15, 0.2) is 5.78 Å². The smallest absolute Gasteiger partial charge is 0.240 e. The number of amides is 1. The number of hydrogen-bond donors (Lipinski definition) is 1. The third kappa shape index (κ3) is 4.20. The maximum Gasteiger partial charge on any atom is 0.240 e. The van der Waals surface area contributed by atoms with E-state index >= 15 is 0 Å². The first kappa shape index (κ1) is 18.9. The lowest BCUT2D eigenvalue weighted by Gasteiger charge is -2.07. The van der Waals surface area contributed by atoms with Gasteiger partial charge in [-0.25, -0.2) is 0 Å². The molecular formula is C23H18ClN3O2. The minimum absolute atomic E-state index is 0.103. The number of halogens is 1. The third-order valence-corrected chi connectivity index (χ3v) is 4.94. The first-order valence-electron chi connectivity index (χ1n) is 9.15. The lowest BCUT2D eigenvalue weighted by molar-refractivity contribution is -0.121. The number of rotatable bonds is 6. The Morgan fingerprint density at radius 2 is 1.69 bits per heavy atom. The van der Waals surface area contributed by atoms with Crippen LogP contribution in [0.15, 0.2) is 79.3 Å². The molecule has 0 saturated heterocycles. The zero-order chi connectivity index (χ0) is 20.2. The number of ketones is 1. The molecule has 0 radical (unpaired) electrons. The van der Waals surface area contributed by atoms with Crippen LogP contribution in [0, 0.1) is 0 Å². The number of benzene rings is 2. The number of hydrogen-bond acceptors (Lipinski definition) is 3. The van der Waals surface area contributed by atoms with Crippen molar-refractivity contribution in [2.45, 2.75) is 13.1 Å². The molecular weight excluding hydrogens is 386 g/mol. The summed E-state index contributed by atoms with van der Waals surface area (Å²) in [6, 6.07) is 18.1. The standard InChI is InChI=1S/C23H18ClN3O2/c24-18-7-5-17(6-8-18)23(29)20-14-27(21-4-2-1-3-19(20)21)15-22(28)26-13-16-9-11-25-12-10-16/h1-12,14H,13,15H2,(H,26,28). The molecule has 0 spiro atoms. The van der Waals surface area contributed by atoms with Gasteiger partial charge in [0.2, 0.25) is 5.91 Å². The predicted molar refractivity (Wildman–Crippen MR) is 113 cm³/mol. The summed E-state index contributed by atoms with van der Waals surface area (Å²) in [5, 5.41) is 4.29. The number of carbonyl (C=O) groups excluding carboxylic acids is 2. The molecule has 0 unspecified atom stereocenters.